The van der Waals surface area contributed by atoms with E-state index in [4.69, 9.17) is 0 Å². The van der Waals surface area contributed by atoms with Crippen molar-refractivity contribution in [1.29, 1.82) is 0 Å². The number of carboxylic acids is 1. The first-order chi connectivity index (χ1) is 13.9. The molecule has 148 valence electrons. The number of rotatable bonds is 7. The molecule has 0 unspecified atom stereocenters. The molecule has 0 spiro atoms. The van der Waals surface area contributed by atoms with Gasteiger partial charge in [-0.1, -0.05) is 43.3 Å². The number of aryl methyl sites for hydroxylation is 1. The van der Waals surface area contributed by atoms with E-state index in [1.807, 2.05) is 31.2 Å². The quantitative estimate of drug-likeness (QED) is 0.545. The van der Waals surface area contributed by atoms with E-state index in [2.05, 4.69) is 11.8 Å². The third kappa shape index (κ3) is 4.14. The van der Waals surface area contributed by atoms with Crippen molar-refractivity contribution in [2.75, 3.05) is 11.4 Å². The zero-order chi connectivity index (χ0) is 21.0. The normalized spacial score (nSPS) is 10.6. The van der Waals surface area contributed by atoms with E-state index in [-0.39, 0.29) is 22.4 Å². The van der Waals surface area contributed by atoms with Crippen LogP contribution in [0.15, 0.2) is 66.7 Å². The van der Waals surface area contributed by atoms with Gasteiger partial charge in [-0.05, 0) is 43.2 Å². The largest absolute Gasteiger partial charge is 0.507 e. The van der Waals surface area contributed by atoms with E-state index in [1.54, 1.807) is 30.3 Å². The van der Waals surface area contributed by atoms with Crippen molar-refractivity contribution in [2.45, 2.75) is 20.3 Å². The molecule has 5 heteroatoms. The van der Waals surface area contributed by atoms with Crippen molar-refractivity contribution in [2.24, 2.45) is 0 Å². The molecule has 0 radical (unpaired) electrons. The highest BCUT2D eigenvalue weighted by Crippen LogP contribution is 2.33. The molecule has 0 saturated heterocycles. The highest BCUT2D eigenvalue weighted by Gasteiger charge is 2.21. The Morgan fingerprint density at radius 3 is 2.17 bits per heavy atom. The summed E-state index contributed by atoms with van der Waals surface area (Å²) in [5.74, 6) is -1.88. The zero-order valence-electron chi connectivity index (χ0n) is 16.4. The topological polar surface area (TPSA) is 77.8 Å². The number of hydrogen-bond donors (Lipinski definition) is 2. The molecule has 5 nitrogen and oxygen atoms in total. The minimum Gasteiger partial charge on any atom is -0.507 e. The van der Waals surface area contributed by atoms with Crippen molar-refractivity contribution in [3.8, 4) is 5.75 Å². The van der Waals surface area contributed by atoms with Crippen molar-refractivity contribution in [3.63, 3.8) is 0 Å². The number of para-hydroxylation sites is 1. The van der Waals surface area contributed by atoms with E-state index >= 15 is 0 Å². The van der Waals surface area contributed by atoms with Gasteiger partial charge in [-0.15, -0.1) is 0 Å². The molecule has 2 N–H and O–H groups in total. The standard InChI is InChI=1S/C24H23NO4/c1-3-14-25(21-11-7-4-8-16(21)2)17-12-13-20(22(26)15-17)23(27)18-9-5-6-10-19(18)24(28)29/h4-13,15,26H,3,14H2,1-2H3,(H,28,29). The molecule has 0 aliphatic carbocycles. The van der Waals surface area contributed by atoms with Crippen LogP contribution in [-0.4, -0.2) is 28.5 Å². The number of carbonyl (C=O) groups is 2. The molecule has 0 atom stereocenters. The van der Waals surface area contributed by atoms with Gasteiger partial charge in [-0.3, -0.25) is 4.79 Å². The SMILES string of the molecule is CCCN(c1ccc(C(=O)c2ccccc2C(=O)O)c(O)c1)c1ccccc1C. The molecule has 0 fully saturated rings. The number of carbonyl (C=O) groups excluding carboxylic acids is 1. The van der Waals surface area contributed by atoms with E-state index < -0.39 is 11.8 Å². The number of hydrogen-bond acceptors (Lipinski definition) is 4. The van der Waals surface area contributed by atoms with Crippen LogP contribution in [-0.2, 0) is 0 Å². The smallest absolute Gasteiger partial charge is 0.336 e. The number of phenols is 1. The van der Waals surface area contributed by atoms with Crippen molar-refractivity contribution in [3.05, 3.63) is 89.0 Å². The molecule has 0 aliphatic heterocycles. The molecular formula is C24H23NO4. The van der Waals surface area contributed by atoms with Gasteiger partial charge >= 0.3 is 5.97 Å². The Labute approximate surface area is 169 Å². The molecule has 0 aliphatic rings. The van der Waals surface area contributed by atoms with Crippen LogP contribution in [0, 0.1) is 6.92 Å². The fourth-order valence-corrected chi connectivity index (χ4v) is 3.37. The Morgan fingerprint density at radius 2 is 1.55 bits per heavy atom. The minimum atomic E-state index is -1.18. The van der Waals surface area contributed by atoms with Crippen LogP contribution >= 0.6 is 0 Å². The lowest BCUT2D eigenvalue weighted by Gasteiger charge is -2.26. The fraction of sp³-hybridized carbons (Fsp3) is 0.167. The number of anilines is 2. The number of aromatic carboxylic acids is 1. The maximum absolute atomic E-state index is 12.9. The van der Waals surface area contributed by atoms with Gasteiger partial charge in [0.1, 0.15) is 5.75 Å². The molecule has 0 aromatic heterocycles. The average Bonchev–Trinajstić information content (AvgIpc) is 2.72. The lowest BCUT2D eigenvalue weighted by atomic mass is 9.97. The second-order valence-electron chi connectivity index (χ2n) is 6.82. The Bertz CT molecular complexity index is 1060. The maximum atomic E-state index is 12.9. The van der Waals surface area contributed by atoms with Gasteiger partial charge in [0, 0.05) is 29.5 Å². The lowest BCUT2D eigenvalue weighted by Crippen LogP contribution is -2.19. The van der Waals surface area contributed by atoms with E-state index in [1.165, 1.54) is 12.1 Å². The highest BCUT2D eigenvalue weighted by molar-refractivity contribution is 6.15. The summed E-state index contributed by atoms with van der Waals surface area (Å²) in [6, 6.07) is 18.9. The number of benzene rings is 3. The van der Waals surface area contributed by atoms with Crippen molar-refractivity contribution in [1.82, 2.24) is 0 Å². The predicted octanol–water partition coefficient (Wildman–Crippen LogP) is 5.18. The summed E-state index contributed by atoms with van der Waals surface area (Å²) in [6.45, 7) is 4.85. The summed E-state index contributed by atoms with van der Waals surface area (Å²) in [4.78, 5) is 26.4. The monoisotopic (exact) mass is 389 g/mol. The Morgan fingerprint density at radius 1 is 0.897 bits per heavy atom. The Kier molecular flexibility index (Phi) is 5.98. The van der Waals surface area contributed by atoms with Crippen LogP contribution in [0.2, 0.25) is 0 Å². The lowest BCUT2D eigenvalue weighted by molar-refractivity contribution is 0.0692. The van der Waals surface area contributed by atoms with Gasteiger partial charge < -0.3 is 15.1 Å². The summed E-state index contributed by atoms with van der Waals surface area (Å²) >= 11 is 0. The van der Waals surface area contributed by atoms with Crippen LogP contribution in [0.1, 0.15) is 45.2 Å². The maximum Gasteiger partial charge on any atom is 0.336 e. The van der Waals surface area contributed by atoms with Crippen LogP contribution in [0.5, 0.6) is 5.75 Å². The number of aromatic hydroxyl groups is 1. The minimum absolute atomic E-state index is 0.0485. The number of carboxylic acid groups (broad SMARTS) is 1. The van der Waals surface area contributed by atoms with Gasteiger partial charge in [0.2, 0.25) is 0 Å². The highest BCUT2D eigenvalue weighted by atomic mass is 16.4. The number of nitrogens with zero attached hydrogens (tertiary/aromatic N) is 1. The summed E-state index contributed by atoms with van der Waals surface area (Å²) in [5, 5.41) is 19.9. The summed E-state index contributed by atoms with van der Waals surface area (Å²) in [6.07, 6.45) is 0.905. The van der Waals surface area contributed by atoms with E-state index in [9.17, 15) is 19.8 Å². The second kappa shape index (κ2) is 8.61. The average molecular weight is 389 g/mol. The first-order valence-corrected chi connectivity index (χ1v) is 9.47. The molecule has 3 rings (SSSR count). The van der Waals surface area contributed by atoms with Gasteiger partial charge in [0.25, 0.3) is 0 Å². The summed E-state index contributed by atoms with van der Waals surface area (Å²) in [5.41, 5.74) is 2.94. The molecule has 3 aromatic carbocycles. The second-order valence-corrected chi connectivity index (χ2v) is 6.82. The molecular weight excluding hydrogens is 366 g/mol. The van der Waals surface area contributed by atoms with Crippen LogP contribution in [0.4, 0.5) is 11.4 Å². The molecule has 3 aromatic rings. The Hall–Kier alpha value is -3.60. The van der Waals surface area contributed by atoms with Gasteiger partial charge in [-0.25, -0.2) is 4.79 Å². The molecule has 0 heterocycles. The third-order valence-corrected chi connectivity index (χ3v) is 4.79. The summed E-state index contributed by atoms with van der Waals surface area (Å²) < 4.78 is 0. The van der Waals surface area contributed by atoms with Gasteiger partial charge in [0.05, 0.1) is 11.1 Å². The fourth-order valence-electron chi connectivity index (χ4n) is 3.37. The number of ketones is 1. The van der Waals surface area contributed by atoms with Gasteiger partial charge in [0.15, 0.2) is 5.78 Å². The number of phenolic OH excluding ortho intramolecular Hbond substituents is 1. The summed E-state index contributed by atoms with van der Waals surface area (Å²) in [7, 11) is 0. The van der Waals surface area contributed by atoms with Crippen LogP contribution < -0.4 is 4.90 Å². The van der Waals surface area contributed by atoms with Crippen molar-refractivity contribution < 1.29 is 19.8 Å². The van der Waals surface area contributed by atoms with Crippen LogP contribution in [0.3, 0.4) is 0 Å². The molecule has 0 bridgehead atoms. The van der Waals surface area contributed by atoms with Crippen LogP contribution in [0.25, 0.3) is 0 Å². The molecule has 0 amide bonds. The molecule has 0 saturated carbocycles. The Balaban J connectivity index is 2.01. The zero-order valence-corrected chi connectivity index (χ0v) is 16.4. The predicted molar refractivity (Wildman–Crippen MR) is 113 cm³/mol. The van der Waals surface area contributed by atoms with E-state index in [0.29, 0.717) is 0 Å². The first kappa shape index (κ1) is 20.1. The van der Waals surface area contributed by atoms with E-state index in [0.717, 1.165) is 29.9 Å². The van der Waals surface area contributed by atoms with Gasteiger partial charge in [-0.2, -0.15) is 0 Å². The van der Waals surface area contributed by atoms with Crippen molar-refractivity contribution >= 4 is 23.1 Å². The first-order valence-electron chi connectivity index (χ1n) is 9.47. The molecule has 29 heavy (non-hydrogen) atoms. The third-order valence-electron chi connectivity index (χ3n) is 4.79.